The molecule has 5 rings (SSSR count). The molecule has 7 nitrogen and oxygen atoms in total. The number of carbonyl (C=O) groups is 1. The molecule has 0 radical (unpaired) electrons. The van der Waals surface area contributed by atoms with E-state index in [9.17, 15) is 13.6 Å². The minimum Gasteiger partial charge on any atom is -0.435 e. The number of halogens is 2. The predicted molar refractivity (Wildman–Crippen MR) is 128 cm³/mol. The van der Waals surface area contributed by atoms with Gasteiger partial charge in [0, 0.05) is 23.2 Å². The molecule has 172 valence electrons. The van der Waals surface area contributed by atoms with Crippen molar-refractivity contribution in [3.8, 4) is 17.0 Å². The number of thiazole rings is 1. The number of pyridine rings is 1. The number of aryl methyl sites for hydroxylation is 1. The van der Waals surface area contributed by atoms with Gasteiger partial charge in [0.2, 0.25) is 0 Å². The molecule has 1 amide bonds. The van der Waals surface area contributed by atoms with Crippen molar-refractivity contribution in [1.82, 2.24) is 19.7 Å². The molecule has 3 heterocycles. The molecule has 5 aromatic rings. The Morgan fingerprint density at radius 2 is 1.97 bits per heavy atom. The van der Waals surface area contributed by atoms with E-state index in [-0.39, 0.29) is 11.7 Å². The number of amides is 1. The first-order chi connectivity index (χ1) is 16.4. The van der Waals surface area contributed by atoms with Gasteiger partial charge in [0.25, 0.3) is 5.91 Å². The first-order valence-corrected chi connectivity index (χ1v) is 11.3. The van der Waals surface area contributed by atoms with Crippen molar-refractivity contribution < 1.29 is 18.3 Å². The van der Waals surface area contributed by atoms with Gasteiger partial charge in [0.15, 0.2) is 5.13 Å². The standard InChI is InChI=1S/C24H19F2N5O2S/c1-3-31-13(2)17(12-27-31)20-11-16(15-6-4-5-7-18(15)28-20)22(32)30-24-29-19-9-8-14(33-23(25)26)10-21(19)34-24/h4-12,23H,3H2,1-2H3,(H,29,30,32). The number of nitrogens with one attached hydrogen (secondary N) is 1. The van der Waals surface area contributed by atoms with Crippen molar-refractivity contribution >= 4 is 43.5 Å². The summed E-state index contributed by atoms with van der Waals surface area (Å²) in [5.41, 5.74) is 4.18. The normalized spacial score (nSPS) is 11.4. The van der Waals surface area contributed by atoms with E-state index in [0.29, 0.717) is 37.5 Å². The number of anilines is 1. The topological polar surface area (TPSA) is 81.9 Å². The number of hydrogen-bond acceptors (Lipinski definition) is 6. The van der Waals surface area contributed by atoms with Crippen LogP contribution < -0.4 is 10.1 Å². The summed E-state index contributed by atoms with van der Waals surface area (Å²) in [5.74, 6) is -0.305. The number of ether oxygens (including phenoxy) is 1. The van der Waals surface area contributed by atoms with Gasteiger partial charge in [-0.15, -0.1) is 0 Å². The Balaban J connectivity index is 1.52. The molecule has 0 atom stereocenters. The molecule has 0 spiro atoms. The second-order valence-corrected chi connectivity index (χ2v) is 8.54. The van der Waals surface area contributed by atoms with Gasteiger partial charge in [-0.3, -0.25) is 14.8 Å². The molecule has 10 heteroatoms. The Bertz CT molecular complexity index is 1530. The lowest BCUT2D eigenvalue weighted by molar-refractivity contribution is -0.0497. The third kappa shape index (κ3) is 4.08. The number of benzene rings is 2. The van der Waals surface area contributed by atoms with Gasteiger partial charge in [-0.25, -0.2) is 9.97 Å². The molecule has 0 unspecified atom stereocenters. The minimum absolute atomic E-state index is 0.0387. The Labute approximate surface area is 197 Å². The van der Waals surface area contributed by atoms with Crippen LogP contribution in [0.1, 0.15) is 23.0 Å². The quantitative estimate of drug-likeness (QED) is 0.328. The average molecular weight is 480 g/mol. The maximum atomic E-state index is 13.3. The number of rotatable bonds is 6. The summed E-state index contributed by atoms with van der Waals surface area (Å²) in [6.07, 6.45) is 1.75. The van der Waals surface area contributed by atoms with Gasteiger partial charge < -0.3 is 4.74 Å². The molecule has 34 heavy (non-hydrogen) atoms. The van der Waals surface area contributed by atoms with E-state index in [2.05, 4.69) is 20.1 Å². The van der Waals surface area contributed by atoms with Crippen molar-refractivity contribution in [2.24, 2.45) is 0 Å². The summed E-state index contributed by atoms with van der Waals surface area (Å²) in [6, 6.07) is 13.6. The summed E-state index contributed by atoms with van der Waals surface area (Å²) in [4.78, 5) is 22.5. The molecule has 0 aliphatic heterocycles. The summed E-state index contributed by atoms with van der Waals surface area (Å²) in [5, 5.41) is 8.29. The lowest BCUT2D eigenvalue weighted by Gasteiger charge is -2.09. The molecule has 0 saturated heterocycles. The Morgan fingerprint density at radius 3 is 2.74 bits per heavy atom. The van der Waals surface area contributed by atoms with Crippen LogP contribution in [0.15, 0.2) is 54.7 Å². The van der Waals surface area contributed by atoms with Crippen molar-refractivity contribution in [3.63, 3.8) is 0 Å². The van der Waals surface area contributed by atoms with E-state index in [4.69, 9.17) is 4.98 Å². The van der Waals surface area contributed by atoms with Crippen molar-refractivity contribution in [3.05, 3.63) is 66.0 Å². The molecule has 0 bridgehead atoms. The van der Waals surface area contributed by atoms with Crippen LogP contribution >= 0.6 is 11.3 Å². The van der Waals surface area contributed by atoms with Gasteiger partial charge in [-0.1, -0.05) is 29.5 Å². The van der Waals surface area contributed by atoms with Crippen LogP contribution in [0.25, 0.3) is 32.4 Å². The monoisotopic (exact) mass is 479 g/mol. The summed E-state index contributed by atoms with van der Waals surface area (Å²) >= 11 is 1.18. The van der Waals surface area contributed by atoms with E-state index >= 15 is 0 Å². The second-order valence-electron chi connectivity index (χ2n) is 7.51. The third-order valence-corrected chi connectivity index (χ3v) is 6.38. The molecule has 0 aliphatic rings. The van der Waals surface area contributed by atoms with Gasteiger partial charge >= 0.3 is 6.61 Å². The molecule has 3 aromatic heterocycles. The summed E-state index contributed by atoms with van der Waals surface area (Å²) in [7, 11) is 0. The van der Waals surface area contributed by atoms with E-state index in [1.54, 1.807) is 18.3 Å². The van der Waals surface area contributed by atoms with Crippen LogP contribution in [0, 0.1) is 6.92 Å². The number of para-hydroxylation sites is 1. The highest BCUT2D eigenvalue weighted by Crippen LogP contribution is 2.31. The van der Waals surface area contributed by atoms with Gasteiger partial charge in [0.1, 0.15) is 5.75 Å². The fourth-order valence-corrected chi connectivity index (χ4v) is 4.71. The molecular weight excluding hydrogens is 460 g/mol. The highest BCUT2D eigenvalue weighted by molar-refractivity contribution is 7.22. The fraction of sp³-hybridized carbons (Fsp3) is 0.167. The number of fused-ring (bicyclic) bond motifs is 2. The minimum atomic E-state index is -2.91. The Kier molecular flexibility index (Phi) is 5.66. The van der Waals surface area contributed by atoms with E-state index in [0.717, 1.165) is 17.8 Å². The van der Waals surface area contributed by atoms with Crippen LogP contribution in [0.4, 0.5) is 13.9 Å². The highest BCUT2D eigenvalue weighted by Gasteiger charge is 2.18. The van der Waals surface area contributed by atoms with Crippen LogP contribution in [0.5, 0.6) is 5.75 Å². The van der Waals surface area contributed by atoms with Gasteiger partial charge in [0.05, 0.1) is 33.2 Å². The van der Waals surface area contributed by atoms with Crippen LogP contribution in [-0.2, 0) is 6.54 Å². The zero-order chi connectivity index (χ0) is 23.8. The Morgan fingerprint density at radius 1 is 1.15 bits per heavy atom. The largest absolute Gasteiger partial charge is 0.435 e. The van der Waals surface area contributed by atoms with Crippen molar-refractivity contribution in [1.29, 1.82) is 0 Å². The molecule has 0 saturated carbocycles. The zero-order valence-electron chi connectivity index (χ0n) is 18.3. The van der Waals surface area contributed by atoms with E-state index in [1.165, 1.54) is 23.5 Å². The lowest BCUT2D eigenvalue weighted by atomic mass is 10.0. The van der Waals surface area contributed by atoms with E-state index < -0.39 is 6.61 Å². The third-order valence-electron chi connectivity index (χ3n) is 5.45. The van der Waals surface area contributed by atoms with Crippen molar-refractivity contribution in [2.75, 3.05) is 5.32 Å². The molecule has 0 fully saturated rings. The van der Waals surface area contributed by atoms with Gasteiger partial charge in [-0.2, -0.15) is 13.9 Å². The molecule has 0 aliphatic carbocycles. The van der Waals surface area contributed by atoms with Crippen LogP contribution in [0.2, 0.25) is 0 Å². The number of nitrogens with zero attached hydrogens (tertiary/aromatic N) is 4. The number of carbonyl (C=O) groups excluding carboxylic acids is 1. The maximum absolute atomic E-state index is 13.3. The Hall–Kier alpha value is -3.92. The fourth-order valence-electron chi connectivity index (χ4n) is 3.82. The summed E-state index contributed by atoms with van der Waals surface area (Å²) in [6.45, 7) is 1.80. The van der Waals surface area contributed by atoms with Crippen LogP contribution in [-0.4, -0.2) is 32.3 Å². The number of hydrogen-bond donors (Lipinski definition) is 1. The predicted octanol–water partition coefficient (Wildman–Crippen LogP) is 5.89. The average Bonchev–Trinajstić information content (AvgIpc) is 3.39. The van der Waals surface area contributed by atoms with Gasteiger partial charge in [-0.05, 0) is 44.2 Å². The van der Waals surface area contributed by atoms with Crippen molar-refractivity contribution in [2.45, 2.75) is 27.0 Å². The van der Waals surface area contributed by atoms with E-state index in [1.807, 2.05) is 42.8 Å². The molecule has 2 aromatic carbocycles. The highest BCUT2D eigenvalue weighted by atomic mass is 32.1. The SMILES string of the molecule is CCn1ncc(-c2cc(C(=O)Nc3nc4ccc(OC(F)F)cc4s3)c3ccccc3n2)c1C. The van der Waals surface area contributed by atoms with Crippen LogP contribution in [0.3, 0.4) is 0 Å². The first kappa shape index (κ1) is 21.9. The maximum Gasteiger partial charge on any atom is 0.387 e. The smallest absolute Gasteiger partial charge is 0.387 e. The second kappa shape index (κ2) is 8.79. The molecular formula is C24H19F2N5O2S. The number of aromatic nitrogens is 4. The summed E-state index contributed by atoms with van der Waals surface area (Å²) < 4.78 is 32.0. The molecule has 1 N–H and O–H groups in total. The first-order valence-electron chi connectivity index (χ1n) is 10.5. The number of alkyl halides is 2. The zero-order valence-corrected chi connectivity index (χ0v) is 19.1. The lowest BCUT2D eigenvalue weighted by Crippen LogP contribution is -2.13.